The van der Waals surface area contributed by atoms with E-state index in [9.17, 15) is 13.2 Å². The summed E-state index contributed by atoms with van der Waals surface area (Å²) in [6.07, 6.45) is 6.50. The second-order valence-corrected chi connectivity index (χ2v) is 38.5. The van der Waals surface area contributed by atoms with Gasteiger partial charge >= 0.3 is 0 Å². The van der Waals surface area contributed by atoms with Gasteiger partial charge in [-0.2, -0.15) is 0 Å². The fourth-order valence-corrected chi connectivity index (χ4v) is 17.9. The van der Waals surface area contributed by atoms with Crippen LogP contribution in [0.2, 0.25) is 0 Å². The van der Waals surface area contributed by atoms with Crippen LogP contribution in [0.3, 0.4) is 0 Å². The van der Waals surface area contributed by atoms with E-state index in [-0.39, 0.29) is 0 Å². The Labute approximate surface area is 755 Å². The maximum absolute atomic E-state index is 13.4. The first-order valence-electron chi connectivity index (χ1n) is 47.8. The standard InChI is InChI=1S/3C17H25FN2O.3C17H28N2O2/c3*1-12(2)16-4-3-15(13-6-8-21-11-13)17(19-16)10-20-7-5-14(18)9-20;3*1-13(2)16-6-5-15(14-7-9-21-12-14)17(18-16)11-19(3)8-10-20-4/h3*3-4,12-14H,5-11H2,1-2H3;3*5-6,13-14H,7-12H2,1-4H3/t2*13-,14-;;2*14-;/m10.10./s1. The minimum Gasteiger partial charge on any atom is -0.383 e. The summed E-state index contributed by atoms with van der Waals surface area (Å²) in [7, 11) is 11.6. The highest BCUT2D eigenvalue weighted by Gasteiger charge is 2.33. The fraction of sp³-hybridized carbons (Fsp3) is 0.706. The third-order valence-corrected chi connectivity index (χ3v) is 26.0. The van der Waals surface area contributed by atoms with Gasteiger partial charge < -0.3 is 42.6 Å². The third kappa shape index (κ3) is 32.0. The van der Waals surface area contributed by atoms with Crippen LogP contribution in [0.1, 0.15) is 314 Å². The molecule has 0 aromatic carbocycles. The molecule has 0 saturated carbocycles. The number of pyridine rings is 6. The van der Waals surface area contributed by atoms with Gasteiger partial charge in [0.1, 0.15) is 18.5 Å². The molecule has 6 aromatic heterocycles. The monoisotopic (exact) mass is 1750 g/mol. The summed E-state index contributed by atoms with van der Waals surface area (Å²) in [6, 6.07) is 26.4. The van der Waals surface area contributed by atoms with Crippen LogP contribution in [-0.2, 0) is 81.9 Å². The lowest BCUT2D eigenvalue weighted by atomic mass is 9.95. The number of alkyl halides is 3. The van der Waals surface area contributed by atoms with Crippen LogP contribution in [0.25, 0.3) is 0 Å². The average Bonchev–Trinajstić information content (AvgIpc) is 1.66. The maximum atomic E-state index is 13.4. The number of aromatic nitrogens is 6. The SMILES string of the molecule is CC(C)c1ccc(C2CCOC2)c(CN2CCC(F)C2)n1.CC(C)c1ccc([C@@H]2CCOC2)c(CN2CC[C@@H](F)C2)n1.CC(C)c1ccc([C@H]2CCOC2)c(CN2CC[C@H](F)C2)n1.COCCN(C)Cc1nc(C(C)C)ccc1C1CCOC1.COCCN(C)Cc1nc(C(C)C)ccc1[C@@H]1CCOC1.COCCN(C)Cc1nc(C(C)C)ccc1[C@H]1CCOC1. The van der Waals surface area contributed by atoms with E-state index in [2.05, 4.69) is 206 Å². The van der Waals surface area contributed by atoms with Crippen LogP contribution in [0.4, 0.5) is 13.2 Å². The highest BCUT2D eigenvalue weighted by molar-refractivity contribution is 5.35. The molecule has 0 amide bonds. The molecular formula is C102H159F3N12O9. The molecule has 9 aliphatic heterocycles. The first-order chi connectivity index (χ1) is 60.7. The van der Waals surface area contributed by atoms with E-state index < -0.39 is 18.5 Å². The number of ether oxygens (including phenoxy) is 9. The van der Waals surface area contributed by atoms with E-state index in [1.807, 2.05) is 0 Å². The number of hydrogen-bond donors (Lipinski definition) is 0. The topological polar surface area (TPSA) is 180 Å². The van der Waals surface area contributed by atoms with E-state index in [1.165, 1.54) is 67.5 Å². The first-order valence-corrected chi connectivity index (χ1v) is 47.8. The lowest BCUT2D eigenvalue weighted by Gasteiger charge is -2.21. The molecule has 6 aromatic rings. The number of halogens is 3. The molecule has 9 saturated heterocycles. The zero-order valence-corrected chi connectivity index (χ0v) is 80.3. The van der Waals surface area contributed by atoms with Crippen LogP contribution in [-0.4, -0.2) is 278 Å². The van der Waals surface area contributed by atoms with Crippen LogP contribution in [0.15, 0.2) is 72.8 Å². The molecule has 9 atom stereocenters. The Hall–Kier alpha value is -5.91. The lowest BCUT2D eigenvalue weighted by Crippen LogP contribution is -2.24. The van der Waals surface area contributed by atoms with Crippen LogP contribution < -0.4 is 0 Å². The fourth-order valence-electron chi connectivity index (χ4n) is 17.9. The summed E-state index contributed by atoms with van der Waals surface area (Å²) in [5.41, 5.74) is 21.9. The predicted octanol–water partition coefficient (Wildman–Crippen LogP) is 18.1. The van der Waals surface area contributed by atoms with Crippen LogP contribution >= 0.6 is 0 Å². The van der Waals surface area contributed by atoms with Crippen molar-refractivity contribution in [2.75, 3.05) is 200 Å². The quantitative estimate of drug-likeness (QED) is 0.0379. The summed E-state index contributed by atoms with van der Waals surface area (Å²) < 4.78 is 88.9. The van der Waals surface area contributed by atoms with Gasteiger partial charge in [0.15, 0.2) is 0 Å². The van der Waals surface area contributed by atoms with E-state index >= 15 is 0 Å². The molecule has 0 spiro atoms. The third-order valence-electron chi connectivity index (χ3n) is 26.0. The number of likely N-dealkylation sites (tertiary alicyclic amines) is 3. The van der Waals surface area contributed by atoms with E-state index in [1.54, 1.807) is 21.3 Å². The van der Waals surface area contributed by atoms with Crippen molar-refractivity contribution in [3.63, 3.8) is 0 Å². The maximum Gasteiger partial charge on any atom is 0.114 e. The molecule has 15 rings (SSSR count). The van der Waals surface area contributed by atoms with Crippen molar-refractivity contribution in [3.8, 4) is 0 Å². The minimum absolute atomic E-state index is 0.421. The van der Waals surface area contributed by atoms with Gasteiger partial charge in [-0.05, 0) is 184 Å². The largest absolute Gasteiger partial charge is 0.383 e. The van der Waals surface area contributed by atoms with Crippen molar-refractivity contribution in [3.05, 3.63) is 175 Å². The lowest BCUT2D eigenvalue weighted by molar-refractivity contribution is 0.157. The first kappa shape index (κ1) is 102. The average molecular weight is 1750 g/mol. The van der Waals surface area contributed by atoms with E-state index in [4.69, 9.17) is 72.5 Å². The highest BCUT2D eigenvalue weighted by Crippen LogP contribution is 2.37. The molecule has 9 fully saturated rings. The van der Waals surface area contributed by atoms with Gasteiger partial charge in [0.05, 0.1) is 93.6 Å². The molecule has 3 unspecified atom stereocenters. The van der Waals surface area contributed by atoms with Crippen molar-refractivity contribution in [1.29, 1.82) is 0 Å². The summed E-state index contributed by atoms with van der Waals surface area (Å²) >= 11 is 0. The second kappa shape index (κ2) is 53.0. The van der Waals surface area contributed by atoms with E-state index in [0.29, 0.717) is 110 Å². The zero-order valence-electron chi connectivity index (χ0n) is 80.3. The predicted molar refractivity (Wildman–Crippen MR) is 498 cm³/mol. The van der Waals surface area contributed by atoms with Crippen molar-refractivity contribution in [2.45, 2.75) is 270 Å². The van der Waals surface area contributed by atoms with Crippen molar-refractivity contribution in [2.24, 2.45) is 0 Å². The summed E-state index contributed by atoms with van der Waals surface area (Å²) in [4.78, 5) is 42.8. The van der Waals surface area contributed by atoms with Gasteiger partial charge in [0.25, 0.3) is 0 Å². The number of hydrogen-bond acceptors (Lipinski definition) is 21. The highest BCUT2D eigenvalue weighted by atomic mass is 19.1. The van der Waals surface area contributed by atoms with Crippen LogP contribution in [0, 0.1) is 0 Å². The van der Waals surface area contributed by atoms with Crippen LogP contribution in [0.5, 0.6) is 0 Å². The Morgan fingerprint density at radius 3 is 0.651 bits per heavy atom. The molecule has 0 radical (unpaired) electrons. The molecule has 0 N–H and O–H groups in total. The molecular weight excluding hydrogens is 1590 g/mol. The molecule has 9 aliphatic rings. The normalized spacial score (nSPS) is 22.9. The van der Waals surface area contributed by atoms with Crippen molar-refractivity contribution < 1.29 is 55.8 Å². The Balaban J connectivity index is 0.000000158. The summed E-state index contributed by atoms with van der Waals surface area (Å²) in [6.45, 7) is 50.3. The van der Waals surface area contributed by atoms with Gasteiger partial charge in [0, 0.05) is 229 Å². The van der Waals surface area contributed by atoms with Gasteiger partial charge in [0.2, 0.25) is 0 Å². The van der Waals surface area contributed by atoms with Gasteiger partial charge in [-0.25, -0.2) is 13.2 Å². The molecule has 21 nitrogen and oxygen atoms in total. The number of likely N-dealkylation sites (N-methyl/N-ethyl adjacent to an activating group) is 3. The van der Waals surface area contributed by atoms with Crippen molar-refractivity contribution >= 4 is 0 Å². The molecule has 126 heavy (non-hydrogen) atoms. The molecule has 0 aliphatic carbocycles. The molecule has 702 valence electrons. The minimum atomic E-state index is -0.670. The molecule has 0 bridgehead atoms. The molecule has 24 heteroatoms. The Morgan fingerprint density at radius 2 is 0.492 bits per heavy atom. The van der Waals surface area contributed by atoms with Gasteiger partial charge in [-0.15, -0.1) is 0 Å². The van der Waals surface area contributed by atoms with Gasteiger partial charge in [-0.1, -0.05) is 119 Å². The van der Waals surface area contributed by atoms with Crippen molar-refractivity contribution in [1.82, 2.24) is 59.3 Å². The number of rotatable bonds is 33. The summed E-state index contributed by atoms with van der Waals surface area (Å²) in [5, 5.41) is 0. The second-order valence-electron chi connectivity index (χ2n) is 38.5. The number of nitrogens with zero attached hydrogens (tertiary/aromatic N) is 12. The number of methoxy groups -OCH3 is 3. The van der Waals surface area contributed by atoms with Gasteiger partial charge in [-0.3, -0.25) is 59.3 Å². The zero-order chi connectivity index (χ0) is 90.2. The molecule has 15 heterocycles. The Bertz CT molecular complexity index is 3720. The Morgan fingerprint density at radius 1 is 0.302 bits per heavy atom. The summed E-state index contributed by atoms with van der Waals surface area (Å²) in [5.74, 6) is 5.53. The Kier molecular flexibility index (Phi) is 43.0. The van der Waals surface area contributed by atoms with E-state index in [0.717, 1.165) is 250 Å². The smallest absolute Gasteiger partial charge is 0.114 e.